The molecule has 1 aromatic carbocycles. The smallest absolute Gasteiger partial charge is 0.247 e. The Bertz CT molecular complexity index is 512. The maximum absolute atomic E-state index is 12.5. The van der Waals surface area contributed by atoms with Gasteiger partial charge in [-0.15, -0.1) is 0 Å². The lowest BCUT2D eigenvalue weighted by Gasteiger charge is -2.33. The normalized spacial score (nSPS) is 22.6. The molecule has 2 amide bonds. The Kier molecular flexibility index (Phi) is 3.18. The van der Waals surface area contributed by atoms with E-state index < -0.39 is 0 Å². The molecule has 0 radical (unpaired) electrons. The van der Waals surface area contributed by atoms with Crippen molar-refractivity contribution in [3.05, 3.63) is 24.3 Å². The van der Waals surface area contributed by atoms with Gasteiger partial charge in [0.15, 0.2) is 0 Å². The zero-order valence-electron chi connectivity index (χ0n) is 10.4. The molecule has 0 saturated carbocycles. The predicted octanol–water partition coefficient (Wildman–Crippen LogP) is -0.0399. The number of hydrogen-bond acceptors (Lipinski definition) is 4. The Morgan fingerprint density at radius 3 is 3.00 bits per heavy atom. The Morgan fingerprint density at radius 2 is 2.21 bits per heavy atom. The number of benzene rings is 1. The highest BCUT2D eigenvalue weighted by Crippen LogP contribution is 2.29. The number of carbonyl (C=O) groups is 2. The fourth-order valence-corrected chi connectivity index (χ4v) is 2.34. The van der Waals surface area contributed by atoms with E-state index in [1.165, 1.54) is 4.90 Å². The molecule has 0 bridgehead atoms. The topological polar surface area (TPSA) is 70.7 Å². The standard InChI is InChI=1S/C13H15N3O3/c17-12-7-16(11-4-2-1-3-9(11)15-12)13(18)10-8-19-6-5-14-10/h1-4,10,14H,5-8H2,(H,15,17). The van der Waals surface area contributed by atoms with E-state index in [-0.39, 0.29) is 24.4 Å². The number of nitrogens with one attached hydrogen (secondary N) is 2. The first kappa shape index (κ1) is 12.1. The van der Waals surface area contributed by atoms with Crippen molar-refractivity contribution in [3.8, 4) is 0 Å². The molecule has 1 atom stereocenters. The van der Waals surface area contributed by atoms with Gasteiger partial charge in [0.1, 0.15) is 12.6 Å². The van der Waals surface area contributed by atoms with E-state index in [0.717, 1.165) is 5.69 Å². The first-order chi connectivity index (χ1) is 9.25. The van der Waals surface area contributed by atoms with Crippen LogP contribution in [0.25, 0.3) is 0 Å². The lowest BCUT2D eigenvalue weighted by atomic mass is 10.1. The number of para-hydroxylation sites is 2. The summed E-state index contributed by atoms with van der Waals surface area (Å²) in [6, 6.07) is 6.91. The summed E-state index contributed by atoms with van der Waals surface area (Å²) in [7, 11) is 0. The van der Waals surface area contributed by atoms with Crippen LogP contribution in [0.15, 0.2) is 24.3 Å². The fourth-order valence-electron chi connectivity index (χ4n) is 2.34. The molecule has 100 valence electrons. The van der Waals surface area contributed by atoms with Crippen molar-refractivity contribution in [2.24, 2.45) is 0 Å². The van der Waals surface area contributed by atoms with Crippen LogP contribution < -0.4 is 15.5 Å². The van der Waals surface area contributed by atoms with Crippen LogP contribution >= 0.6 is 0 Å². The van der Waals surface area contributed by atoms with Crippen molar-refractivity contribution in [2.75, 3.05) is 36.5 Å². The van der Waals surface area contributed by atoms with Crippen LogP contribution in [0.3, 0.4) is 0 Å². The Labute approximate surface area is 110 Å². The van der Waals surface area contributed by atoms with Gasteiger partial charge in [-0.2, -0.15) is 0 Å². The van der Waals surface area contributed by atoms with Crippen LogP contribution in [0.4, 0.5) is 11.4 Å². The van der Waals surface area contributed by atoms with Crippen molar-refractivity contribution >= 4 is 23.2 Å². The average molecular weight is 261 g/mol. The van der Waals surface area contributed by atoms with Crippen molar-refractivity contribution in [2.45, 2.75) is 6.04 Å². The van der Waals surface area contributed by atoms with Gasteiger partial charge in [-0.25, -0.2) is 0 Å². The summed E-state index contributed by atoms with van der Waals surface area (Å²) in [4.78, 5) is 25.6. The van der Waals surface area contributed by atoms with Crippen LogP contribution in [0.1, 0.15) is 0 Å². The average Bonchev–Trinajstić information content (AvgIpc) is 2.46. The number of ether oxygens (including phenoxy) is 1. The summed E-state index contributed by atoms with van der Waals surface area (Å²) in [5, 5.41) is 5.88. The van der Waals surface area contributed by atoms with Gasteiger partial charge in [-0.1, -0.05) is 12.1 Å². The Balaban J connectivity index is 1.87. The maximum atomic E-state index is 12.5. The van der Waals surface area contributed by atoms with Gasteiger partial charge in [0.2, 0.25) is 11.8 Å². The first-order valence-electron chi connectivity index (χ1n) is 6.27. The Morgan fingerprint density at radius 1 is 1.37 bits per heavy atom. The third-order valence-corrected chi connectivity index (χ3v) is 3.26. The summed E-state index contributed by atoms with van der Waals surface area (Å²) < 4.78 is 5.30. The molecule has 2 aliphatic heterocycles. The van der Waals surface area contributed by atoms with E-state index in [1.54, 1.807) is 6.07 Å². The monoisotopic (exact) mass is 261 g/mol. The number of carbonyl (C=O) groups excluding carboxylic acids is 2. The summed E-state index contributed by atoms with van der Waals surface area (Å²) >= 11 is 0. The highest BCUT2D eigenvalue weighted by molar-refractivity contribution is 6.11. The van der Waals surface area contributed by atoms with Crippen LogP contribution in [0, 0.1) is 0 Å². The van der Waals surface area contributed by atoms with Gasteiger partial charge in [0, 0.05) is 6.54 Å². The van der Waals surface area contributed by atoms with E-state index in [1.807, 2.05) is 18.2 Å². The molecule has 3 rings (SSSR count). The van der Waals surface area contributed by atoms with E-state index in [9.17, 15) is 9.59 Å². The second kappa shape index (κ2) is 4.99. The third kappa shape index (κ3) is 2.32. The molecule has 6 heteroatoms. The molecule has 6 nitrogen and oxygen atoms in total. The molecule has 1 fully saturated rings. The predicted molar refractivity (Wildman–Crippen MR) is 70.0 cm³/mol. The summed E-state index contributed by atoms with van der Waals surface area (Å²) in [6.07, 6.45) is 0. The van der Waals surface area contributed by atoms with Crippen LogP contribution in [0.5, 0.6) is 0 Å². The van der Waals surface area contributed by atoms with Crippen molar-refractivity contribution in [1.82, 2.24) is 5.32 Å². The quantitative estimate of drug-likeness (QED) is 0.744. The molecule has 1 saturated heterocycles. The first-order valence-corrected chi connectivity index (χ1v) is 6.27. The second-order valence-electron chi connectivity index (χ2n) is 4.57. The second-order valence-corrected chi connectivity index (χ2v) is 4.57. The van der Waals surface area contributed by atoms with E-state index >= 15 is 0 Å². The molecule has 1 aromatic rings. The molecular formula is C13H15N3O3. The van der Waals surface area contributed by atoms with Crippen LogP contribution in [-0.2, 0) is 14.3 Å². The zero-order valence-corrected chi connectivity index (χ0v) is 10.4. The third-order valence-electron chi connectivity index (χ3n) is 3.26. The summed E-state index contributed by atoms with van der Waals surface area (Å²) in [5.74, 6) is -0.300. The summed E-state index contributed by atoms with van der Waals surface area (Å²) in [5.41, 5.74) is 1.41. The molecule has 2 aliphatic rings. The number of amides is 2. The van der Waals surface area contributed by atoms with Gasteiger partial charge in [0.25, 0.3) is 0 Å². The van der Waals surface area contributed by atoms with Gasteiger partial charge in [0.05, 0.1) is 24.6 Å². The maximum Gasteiger partial charge on any atom is 0.247 e. The Hall–Kier alpha value is -1.92. The number of anilines is 2. The van der Waals surface area contributed by atoms with Gasteiger partial charge in [-0.3, -0.25) is 14.5 Å². The molecule has 2 N–H and O–H groups in total. The van der Waals surface area contributed by atoms with Crippen LogP contribution in [-0.4, -0.2) is 44.2 Å². The van der Waals surface area contributed by atoms with Gasteiger partial charge in [-0.05, 0) is 12.1 Å². The zero-order chi connectivity index (χ0) is 13.2. The molecule has 0 aromatic heterocycles. The van der Waals surface area contributed by atoms with Crippen molar-refractivity contribution < 1.29 is 14.3 Å². The molecule has 19 heavy (non-hydrogen) atoms. The van der Waals surface area contributed by atoms with Gasteiger partial charge < -0.3 is 15.4 Å². The number of rotatable bonds is 1. The summed E-state index contributed by atoms with van der Waals surface area (Å²) in [6.45, 7) is 1.66. The fraction of sp³-hybridized carbons (Fsp3) is 0.385. The minimum absolute atomic E-state index is 0.0496. The highest BCUT2D eigenvalue weighted by atomic mass is 16.5. The van der Waals surface area contributed by atoms with Crippen molar-refractivity contribution in [3.63, 3.8) is 0 Å². The number of fused-ring (bicyclic) bond motifs is 1. The number of hydrogen-bond donors (Lipinski definition) is 2. The SMILES string of the molecule is O=C1CN(C(=O)C2COCCN2)c2ccccc2N1. The van der Waals surface area contributed by atoms with Crippen molar-refractivity contribution in [1.29, 1.82) is 0 Å². The largest absolute Gasteiger partial charge is 0.378 e. The highest BCUT2D eigenvalue weighted by Gasteiger charge is 2.32. The van der Waals surface area contributed by atoms with E-state index in [4.69, 9.17) is 4.74 Å². The van der Waals surface area contributed by atoms with Crippen LogP contribution in [0.2, 0.25) is 0 Å². The van der Waals surface area contributed by atoms with E-state index in [2.05, 4.69) is 10.6 Å². The lowest BCUT2D eigenvalue weighted by Crippen LogP contribution is -2.55. The van der Waals surface area contributed by atoms with E-state index in [0.29, 0.717) is 25.4 Å². The molecule has 0 spiro atoms. The number of morpholine rings is 1. The molecule has 0 aliphatic carbocycles. The number of nitrogens with zero attached hydrogens (tertiary/aromatic N) is 1. The minimum atomic E-state index is -0.382. The minimum Gasteiger partial charge on any atom is -0.378 e. The van der Waals surface area contributed by atoms with Gasteiger partial charge >= 0.3 is 0 Å². The molecular weight excluding hydrogens is 246 g/mol. The molecule has 2 heterocycles. The lowest BCUT2D eigenvalue weighted by molar-refractivity contribution is -0.125. The molecule has 1 unspecified atom stereocenters.